The first-order valence-electron chi connectivity index (χ1n) is 8.30. The van der Waals surface area contributed by atoms with E-state index < -0.39 is 0 Å². The van der Waals surface area contributed by atoms with Gasteiger partial charge in [-0.25, -0.2) is 9.97 Å². The number of nitrogens with zero attached hydrogens (tertiary/aromatic N) is 5. The first-order chi connectivity index (χ1) is 12.8. The first-order valence-corrected chi connectivity index (χ1v) is 9.11. The fourth-order valence-electron chi connectivity index (χ4n) is 2.86. The lowest BCUT2D eigenvalue weighted by Crippen LogP contribution is -2.43. The fraction of sp³-hybridized carbons (Fsp3) is 0.250. The number of thiophene rings is 1. The molecule has 5 heterocycles. The van der Waals surface area contributed by atoms with Crippen LogP contribution >= 0.6 is 11.3 Å². The maximum Gasteiger partial charge on any atom is 0.169 e. The van der Waals surface area contributed by atoms with E-state index in [9.17, 15) is 0 Å². The molecule has 1 aliphatic heterocycles. The first kappa shape index (κ1) is 15.3. The molecule has 0 aromatic carbocycles. The van der Waals surface area contributed by atoms with Crippen LogP contribution in [-0.4, -0.2) is 43.0 Å². The van der Waals surface area contributed by atoms with E-state index >= 15 is 0 Å². The third kappa shape index (κ3) is 2.68. The summed E-state index contributed by atoms with van der Waals surface area (Å²) in [5.41, 5.74) is 8.72. The highest BCUT2D eigenvalue weighted by atomic mass is 32.1. The van der Waals surface area contributed by atoms with Gasteiger partial charge >= 0.3 is 0 Å². The smallest absolute Gasteiger partial charge is 0.169 e. The Morgan fingerprint density at radius 2 is 2.23 bits per heavy atom. The van der Waals surface area contributed by atoms with Crippen molar-refractivity contribution in [2.24, 2.45) is 0 Å². The molecule has 26 heavy (non-hydrogen) atoms. The summed E-state index contributed by atoms with van der Waals surface area (Å²) in [5.74, 6) is 0.962. The largest absolute Gasteiger partial charge is 0.381 e. The SMILES string of the molecule is Nc1ncc(-c2cnn(C3CNC3)c2)nc1NCc1cc2[nH]ncc2s1. The van der Waals surface area contributed by atoms with Crippen LogP contribution in [0.5, 0.6) is 0 Å². The number of nitrogen functional groups attached to an aromatic ring is 1. The van der Waals surface area contributed by atoms with Gasteiger partial charge in [0.1, 0.15) is 0 Å². The summed E-state index contributed by atoms with van der Waals surface area (Å²) in [6.45, 7) is 2.53. The molecule has 0 radical (unpaired) electrons. The van der Waals surface area contributed by atoms with Crippen molar-refractivity contribution in [1.29, 1.82) is 0 Å². The highest BCUT2D eigenvalue weighted by Gasteiger charge is 2.20. The zero-order chi connectivity index (χ0) is 17.5. The van der Waals surface area contributed by atoms with E-state index in [4.69, 9.17) is 5.73 Å². The van der Waals surface area contributed by atoms with Crippen LogP contribution in [0.1, 0.15) is 10.9 Å². The number of anilines is 2. The van der Waals surface area contributed by atoms with E-state index in [0.29, 0.717) is 24.2 Å². The van der Waals surface area contributed by atoms with E-state index in [2.05, 4.69) is 42.0 Å². The summed E-state index contributed by atoms with van der Waals surface area (Å²) in [6.07, 6.45) is 7.33. The van der Waals surface area contributed by atoms with Crippen molar-refractivity contribution in [3.05, 3.63) is 35.7 Å². The van der Waals surface area contributed by atoms with Gasteiger partial charge in [-0.3, -0.25) is 9.78 Å². The standard InChI is InChI=1S/C16H17N9S/c17-15-16(20-5-11-1-12-14(26-11)7-21-24-12)23-13(6-19-15)9-2-22-25(8-9)10-3-18-4-10/h1-2,6-8,10,18H,3-5H2,(H2,17,19)(H,20,23)(H,21,24). The summed E-state index contributed by atoms with van der Waals surface area (Å²) < 4.78 is 3.10. The maximum absolute atomic E-state index is 5.99. The van der Waals surface area contributed by atoms with Crippen molar-refractivity contribution in [3.8, 4) is 11.3 Å². The molecule has 5 rings (SSSR count). The molecule has 0 unspecified atom stereocenters. The van der Waals surface area contributed by atoms with Gasteiger partial charge in [0.05, 0.1) is 47.1 Å². The normalized spacial score (nSPS) is 14.6. The summed E-state index contributed by atoms with van der Waals surface area (Å²) in [4.78, 5) is 10.1. The van der Waals surface area contributed by atoms with Crippen LogP contribution in [0.15, 0.2) is 30.9 Å². The van der Waals surface area contributed by atoms with Gasteiger partial charge in [0.2, 0.25) is 0 Å². The average Bonchev–Trinajstić information content (AvgIpc) is 3.28. The second-order valence-corrected chi connectivity index (χ2v) is 7.39. The number of fused-ring (bicyclic) bond motifs is 1. The lowest BCUT2D eigenvalue weighted by Gasteiger charge is -2.27. The van der Waals surface area contributed by atoms with E-state index in [-0.39, 0.29) is 0 Å². The van der Waals surface area contributed by atoms with Crippen LogP contribution < -0.4 is 16.4 Å². The average molecular weight is 367 g/mol. The third-order valence-electron chi connectivity index (χ3n) is 4.44. The van der Waals surface area contributed by atoms with Crippen molar-refractivity contribution in [2.75, 3.05) is 24.1 Å². The lowest BCUT2D eigenvalue weighted by atomic mass is 10.2. The van der Waals surface area contributed by atoms with Crippen molar-refractivity contribution < 1.29 is 0 Å². The predicted octanol–water partition coefficient (Wildman–Crippen LogP) is 1.62. The van der Waals surface area contributed by atoms with Gasteiger partial charge in [0.25, 0.3) is 0 Å². The Morgan fingerprint density at radius 1 is 1.31 bits per heavy atom. The number of H-pyrrole nitrogens is 1. The van der Waals surface area contributed by atoms with Crippen molar-refractivity contribution in [1.82, 2.24) is 35.3 Å². The molecule has 0 bridgehead atoms. The quantitative estimate of drug-likeness (QED) is 0.423. The van der Waals surface area contributed by atoms with Crippen LogP contribution in [0, 0.1) is 0 Å². The van der Waals surface area contributed by atoms with E-state index in [0.717, 1.165) is 34.6 Å². The third-order valence-corrected chi connectivity index (χ3v) is 5.51. The topological polar surface area (TPSA) is 122 Å². The predicted molar refractivity (Wildman–Crippen MR) is 101 cm³/mol. The Balaban J connectivity index is 1.35. The molecule has 0 saturated carbocycles. The van der Waals surface area contributed by atoms with Gasteiger partial charge in [-0.15, -0.1) is 11.3 Å². The Bertz CT molecular complexity index is 1030. The minimum atomic E-state index is 0.383. The van der Waals surface area contributed by atoms with Crippen molar-refractivity contribution in [2.45, 2.75) is 12.6 Å². The zero-order valence-electron chi connectivity index (χ0n) is 13.8. The highest BCUT2D eigenvalue weighted by molar-refractivity contribution is 7.19. The van der Waals surface area contributed by atoms with Crippen LogP contribution in [-0.2, 0) is 6.54 Å². The Hall–Kier alpha value is -2.98. The Kier molecular flexibility index (Phi) is 3.57. The summed E-state index contributed by atoms with van der Waals surface area (Å²) in [7, 11) is 0. The van der Waals surface area contributed by atoms with Crippen molar-refractivity contribution >= 4 is 33.2 Å². The minimum absolute atomic E-state index is 0.383. The second kappa shape index (κ2) is 6.07. The Labute approximate surface area is 152 Å². The number of hydrogen-bond donors (Lipinski definition) is 4. The van der Waals surface area contributed by atoms with E-state index in [1.807, 2.05) is 23.3 Å². The Morgan fingerprint density at radius 3 is 3.04 bits per heavy atom. The summed E-state index contributed by atoms with van der Waals surface area (Å²) >= 11 is 1.68. The molecule has 132 valence electrons. The molecule has 1 aliphatic rings. The number of aromatic nitrogens is 6. The lowest BCUT2D eigenvalue weighted by molar-refractivity contribution is 0.318. The van der Waals surface area contributed by atoms with Gasteiger partial charge in [-0.05, 0) is 6.07 Å². The number of rotatable bonds is 5. The second-order valence-electron chi connectivity index (χ2n) is 6.22. The summed E-state index contributed by atoms with van der Waals surface area (Å²) in [5, 5.41) is 17.9. The summed E-state index contributed by atoms with van der Waals surface area (Å²) in [6, 6.07) is 2.49. The number of hydrogen-bond acceptors (Lipinski definition) is 8. The molecule has 4 aromatic rings. The molecule has 0 amide bonds. The minimum Gasteiger partial charge on any atom is -0.381 e. The molecule has 0 spiro atoms. The number of nitrogens with two attached hydrogens (primary N) is 1. The van der Waals surface area contributed by atoms with Gasteiger partial charge in [0, 0.05) is 29.7 Å². The number of aromatic amines is 1. The molecule has 10 heteroatoms. The molecule has 1 saturated heterocycles. The fourth-order valence-corrected chi connectivity index (χ4v) is 3.78. The van der Waals surface area contributed by atoms with Crippen LogP contribution in [0.2, 0.25) is 0 Å². The van der Waals surface area contributed by atoms with Gasteiger partial charge in [0.15, 0.2) is 11.6 Å². The molecular formula is C16H17N9S. The molecule has 5 N–H and O–H groups in total. The highest BCUT2D eigenvalue weighted by Crippen LogP contribution is 2.26. The van der Waals surface area contributed by atoms with Gasteiger partial charge < -0.3 is 16.4 Å². The number of nitrogens with one attached hydrogen (secondary N) is 3. The van der Waals surface area contributed by atoms with E-state index in [1.165, 1.54) is 4.88 Å². The zero-order valence-corrected chi connectivity index (χ0v) is 14.6. The van der Waals surface area contributed by atoms with Crippen LogP contribution in [0.3, 0.4) is 0 Å². The van der Waals surface area contributed by atoms with Crippen LogP contribution in [0.4, 0.5) is 11.6 Å². The monoisotopic (exact) mass is 367 g/mol. The molecule has 0 atom stereocenters. The van der Waals surface area contributed by atoms with Gasteiger partial charge in [-0.1, -0.05) is 0 Å². The van der Waals surface area contributed by atoms with Crippen molar-refractivity contribution in [3.63, 3.8) is 0 Å². The van der Waals surface area contributed by atoms with Crippen LogP contribution in [0.25, 0.3) is 21.5 Å². The molecular weight excluding hydrogens is 350 g/mol. The molecule has 0 aliphatic carbocycles. The molecule has 9 nitrogen and oxygen atoms in total. The molecule has 1 fully saturated rings. The molecule has 4 aromatic heterocycles. The maximum atomic E-state index is 5.99. The van der Waals surface area contributed by atoms with Gasteiger partial charge in [-0.2, -0.15) is 10.2 Å². The van der Waals surface area contributed by atoms with E-state index in [1.54, 1.807) is 17.5 Å².